The van der Waals surface area contributed by atoms with Crippen molar-refractivity contribution in [2.24, 2.45) is 5.92 Å². The van der Waals surface area contributed by atoms with Gasteiger partial charge in [-0.3, -0.25) is 0 Å². The summed E-state index contributed by atoms with van der Waals surface area (Å²) in [6, 6.07) is 0. The molecule has 1 aliphatic heterocycles. The summed E-state index contributed by atoms with van der Waals surface area (Å²) in [6.45, 7) is 3.44. The minimum atomic E-state index is 0.770. The molecule has 2 rings (SSSR count). The largest absolute Gasteiger partial charge is 0.351 e. The summed E-state index contributed by atoms with van der Waals surface area (Å²) in [4.78, 5) is 6.67. The van der Waals surface area contributed by atoms with Crippen LogP contribution in [0.5, 0.6) is 0 Å². The lowest BCUT2D eigenvalue weighted by Crippen LogP contribution is -2.36. The molecule has 84 valence electrons. The van der Waals surface area contributed by atoms with Crippen LogP contribution in [0.25, 0.3) is 0 Å². The first-order chi connectivity index (χ1) is 7.25. The van der Waals surface area contributed by atoms with Crippen molar-refractivity contribution < 1.29 is 0 Å². The van der Waals surface area contributed by atoms with E-state index < -0.39 is 0 Å². The van der Waals surface area contributed by atoms with Gasteiger partial charge in [0.25, 0.3) is 0 Å². The van der Waals surface area contributed by atoms with Gasteiger partial charge in [0.1, 0.15) is 4.60 Å². The summed E-state index contributed by atoms with van der Waals surface area (Å²) < 4.78 is 0.941. The van der Waals surface area contributed by atoms with Crippen molar-refractivity contribution in [3.8, 4) is 0 Å². The Bertz CT molecular complexity index is 309. The van der Waals surface area contributed by atoms with Crippen LogP contribution in [0.1, 0.15) is 12.8 Å². The molecule has 1 aromatic rings. The predicted octanol–water partition coefficient (Wildman–Crippen LogP) is 2.34. The van der Waals surface area contributed by atoms with E-state index in [0.29, 0.717) is 0 Å². The first-order valence-electron chi connectivity index (χ1n) is 5.28. The Kier molecular flexibility index (Phi) is 3.99. The van der Waals surface area contributed by atoms with Crippen molar-refractivity contribution in [3.63, 3.8) is 0 Å². The highest BCUT2D eigenvalue weighted by atomic mass is 79.9. The van der Waals surface area contributed by atoms with Crippen LogP contribution in [0, 0.1) is 5.92 Å². The number of hydrogen-bond donors (Lipinski definition) is 1. The number of nitrogens with one attached hydrogen (secondary N) is 1. The van der Waals surface area contributed by atoms with Gasteiger partial charge in [-0.2, -0.15) is 0 Å². The van der Waals surface area contributed by atoms with Crippen LogP contribution in [0.15, 0.2) is 9.98 Å². The lowest BCUT2D eigenvalue weighted by Gasteiger charge is -2.27. The van der Waals surface area contributed by atoms with Gasteiger partial charge in [0.15, 0.2) is 5.13 Å². The molecule has 0 bridgehead atoms. The van der Waals surface area contributed by atoms with Crippen LogP contribution in [-0.2, 0) is 0 Å². The first-order valence-corrected chi connectivity index (χ1v) is 6.96. The maximum absolute atomic E-state index is 4.42. The molecule has 1 saturated heterocycles. The quantitative estimate of drug-likeness (QED) is 0.926. The molecule has 0 saturated carbocycles. The molecular formula is C10H16BrN3S. The number of hydrogen-bond acceptors (Lipinski definition) is 4. The minimum Gasteiger partial charge on any atom is -0.351 e. The second-order valence-corrected chi connectivity index (χ2v) is 5.69. The average Bonchev–Trinajstić information content (AvgIpc) is 2.66. The summed E-state index contributed by atoms with van der Waals surface area (Å²) in [5.74, 6) is 0.770. The van der Waals surface area contributed by atoms with Crippen molar-refractivity contribution in [1.29, 1.82) is 0 Å². The van der Waals surface area contributed by atoms with Crippen LogP contribution in [-0.4, -0.2) is 31.7 Å². The van der Waals surface area contributed by atoms with Gasteiger partial charge in [-0.25, -0.2) is 4.98 Å². The number of nitrogens with zero attached hydrogens (tertiary/aromatic N) is 2. The van der Waals surface area contributed by atoms with Crippen LogP contribution >= 0.6 is 27.3 Å². The lowest BCUT2D eigenvalue weighted by atomic mass is 9.99. The predicted molar refractivity (Wildman–Crippen MR) is 68.7 cm³/mol. The van der Waals surface area contributed by atoms with E-state index in [1.807, 2.05) is 5.38 Å². The third-order valence-corrected chi connectivity index (χ3v) is 4.39. The number of thiazole rings is 1. The van der Waals surface area contributed by atoms with E-state index in [-0.39, 0.29) is 0 Å². The van der Waals surface area contributed by atoms with Gasteiger partial charge in [0.2, 0.25) is 0 Å². The fourth-order valence-corrected chi connectivity index (χ4v) is 3.19. The Hall–Kier alpha value is -0.130. The van der Waals surface area contributed by atoms with E-state index >= 15 is 0 Å². The van der Waals surface area contributed by atoms with Crippen molar-refractivity contribution in [2.45, 2.75) is 12.8 Å². The molecule has 0 radical (unpaired) electrons. The van der Waals surface area contributed by atoms with E-state index in [2.05, 4.69) is 38.2 Å². The topological polar surface area (TPSA) is 28.2 Å². The summed E-state index contributed by atoms with van der Waals surface area (Å²) in [5, 5.41) is 6.58. The Balaban J connectivity index is 1.88. The van der Waals surface area contributed by atoms with E-state index in [4.69, 9.17) is 0 Å². The molecule has 2 heterocycles. The van der Waals surface area contributed by atoms with Gasteiger partial charge < -0.3 is 10.2 Å². The van der Waals surface area contributed by atoms with Gasteiger partial charge in [0, 0.05) is 19.0 Å². The number of anilines is 1. The van der Waals surface area contributed by atoms with Gasteiger partial charge in [-0.05, 0) is 47.8 Å². The molecule has 15 heavy (non-hydrogen) atoms. The first kappa shape index (κ1) is 11.4. The molecule has 0 aromatic carbocycles. The number of aromatic nitrogens is 1. The average molecular weight is 290 g/mol. The molecule has 0 amide bonds. The number of piperidine rings is 1. The van der Waals surface area contributed by atoms with Crippen molar-refractivity contribution in [2.75, 3.05) is 31.6 Å². The smallest absolute Gasteiger partial charge is 0.186 e. The van der Waals surface area contributed by atoms with Crippen molar-refractivity contribution in [3.05, 3.63) is 9.98 Å². The van der Waals surface area contributed by atoms with Crippen LogP contribution < -0.4 is 10.2 Å². The van der Waals surface area contributed by atoms with E-state index in [1.165, 1.54) is 19.4 Å². The normalized spacial score (nSPS) is 21.6. The van der Waals surface area contributed by atoms with Crippen LogP contribution in [0.4, 0.5) is 5.13 Å². The molecule has 1 N–H and O–H groups in total. The van der Waals surface area contributed by atoms with Gasteiger partial charge in [-0.15, -0.1) is 11.3 Å². The Morgan fingerprint density at radius 3 is 3.20 bits per heavy atom. The molecule has 1 atom stereocenters. The summed E-state index contributed by atoms with van der Waals surface area (Å²) in [6.07, 6.45) is 2.64. The minimum absolute atomic E-state index is 0.770. The third-order valence-electron chi connectivity index (χ3n) is 2.72. The SMILES string of the molecule is CN(CC1CCCNC1)c1nc(Br)cs1. The molecule has 3 nitrogen and oxygen atoms in total. The molecule has 5 heteroatoms. The monoisotopic (exact) mass is 289 g/mol. The Morgan fingerprint density at radius 2 is 2.60 bits per heavy atom. The van der Waals surface area contributed by atoms with Gasteiger partial charge in [0.05, 0.1) is 0 Å². The second-order valence-electron chi connectivity index (χ2n) is 4.05. The number of halogens is 1. The highest BCUT2D eigenvalue weighted by Gasteiger charge is 2.16. The maximum atomic E-state index is 4.42. The zero-order chi connectivity index (χ0) is 10.7. The van der Waals surface area contributed by atoms with Crippen molar-refractivity contribution >= 4 is 32.4 Å². The fourth-order valence-electron chi connectivity index (χ4n) is 1.97. The highest BCUT2D eigenvalue weighted by molar-refractivity contribution is 9.10. The zero-order valence-corrected chi connectivity index (χ0v) is 11.3. The molecule has 1 fully saturated rings. The number of rotatable bonds is 3. The molecule has 1 aromatic heterocycles. The molecular weight excluding hydrogens is 274 g/mol. The lowest BCUT2D eigenvalue weighted by molar-refractivity contribution is 0.381. The Labute approximate surface area is 103 Å². The Morgan fingerprint density at radius 1 is 1.73 bits per heavy atom. The van der Waals surface area contributed by atoms with Crippen LogP contribution in [0.3, 0.4) is 0 Å². The summed E-state index contributed by atoms with van der Waals surface area (Å²) in [7, 11) is 2.12. The van der Waals surface area contributed by atoms with Crippen molar-refractivity contribution in [1.82, 2.24) is 10.3 Å². The summed E-state index contributed by atoms with van der Waals surface area (Å²) in [5.41, 5.74) is 0. The summed E-state index contributed by atoms with van der Waals surface area (Å²) >= 11 is 5.08. The van der Waals surface area contributed by atoms with E-state index in [1.54, 1.807) is 11.3 Å². The maximum Gasteiger partial charge on any atom is 0.186 e. The third kappa shape index (κ3) is 3.16. The van der Waals surface area contributed by atoms with Gasteiger partial charge >= 0.3 is 0 Å². The van der Waals surface area contributed by atoms with Gasteiger partial charge in [-0.1, -0.05) is 0 Å². The highest BCUT2D eigenvalue weighted by Crippen LogP contribution is 2.24. The molecule has 0 aliphatic carbocycles. The van der Waals surface area contributed by atoms with E-state index in [9.17, 15) is 0 Å². The molecule has 0 spiro atoms. The zero-order valence-electron chi connectivity index (χ0n) is 8.87. The van der Waals surface area contributed by atoms with E-state index in [0.717, 1.165) is 28.7 Å². The standard InChI is InChI=1S/C10H16BrN3S/c1-14(10-13-9(11)7-15-10)6-8-3-2-4-12-5-8/h7-8,12H,2-6H2,1H3. The van der Waals surface area contributed by atoms with Crippen LogP contribution in [0.2, 0.25) is 0 Å². The fraction of sp³-hybridized carbons (Fsp3) is 0.700. The molecule has 1 aliphatic rings. The second kappa shape index (κ2) is 5.27. The molecule has 1 unspecified atom stereocenters.